The zero-order chi connectivity index (χ0) is 22.0. The van der Waals surface area contributed by atoms with E-state index in [1.165, 1.54) is 31.2 Å². The van der Waals surface area contributed by atoms with Gasteiger partial charge in [-0.3, -0.25) is 19.3 Å². The van der Waals surface area contributed by atoms with Gasteiger partial charge >= 0.3 is 5.97 Å². The summed E-state index contributed by atoms with van der Waals surface area (Å²) in [6, 6.07) is 5.79. The van der Waals surface area contributed by atoms with E-state index < -0.39 is 29.8 Å². The molecule has 1 aromatic heterocycles. The van der Waals surface area contributed by atoms with E-state index in [9.17, 15) is 19.2 Å². The first-order chi connectivity index (χ1) is 14.2. The summed E-state index contributed by atoms with van der Waals surface area (Å²) in [5.41, 5.74) is 0.405. The lowest BCUT2D eigenvalue weighted by Crippen LogP contribution is -2.31. The Kier molecular flexibility index (Phi) is 5.81. The fourth-order valence-corrected chi connectivity index (χ4v) is 3.05. The first kappa shape index (κ1) is 21.0. The molecule has 3 amide bonds. The average molecular weight is 410 g/mol. The number of benzene rings is 1. The number of hydrogen-bond acceptors (Lipinski definition) is 6. The first-order valence-corrected chi connectivity index (χ1v) is 9.41. The van der Waals surface area contributed by atoms with Gasteiger partial charge in [0.05, 0.1) is 22.9 Å². The Hall–Kier alpha value is -3.75. The van der Waals surface area contributed by atoms with Crippen molar-refractivity contribution in [3.05, 3.63) is 59.8 Å². The number of nitrogens with zero attached hydrogens (tertiary/aromatic N) is 3. The van der Waals surface area contributed by atoms with Crippen molar-refractivity contribution in [1.82, 2.24) is 14.7 Å². The molecule has 0 saturated heterocycles. The van der Waals surface area contributed by atoms with E-state index in [2.05, 4.69) is 17.0 Å². The maximum Gasteiger partial charge on any atom is 0.338 e. The lowest BCUT2D eigenvalue weighted by atomic mass is 10.1. The molecule has 1 unspecified atom stereocenters. The van der Waals surface area contributed by atoms with Crippen LogP contribution in [0.25, 0.3) is 0 Å². The Morgan fingerprint density at radius 2 is 1.87 bits per heavy atom. The molecular weight excluding hydrogens is 388 g/mol. The minimum Gasteiger partial charge on any atom is -0.449 e. The number of nitrogens with one attached hydrogen (secondary N) is 1. The van der Waals surface area contributed by atoms with E-state index in [-0.39, 0.29) is 29.3 Å². The summed E-state index contributed by atoms with van der Waals surface area (Å²) in [6.07, 6.45) is 1.92. The Morgan fingerprint density at radius 1 is 1.17 bits per heavy atom. The Bertz CT molecular complexity index is 1040. The fraction of sp³-hybridized carbons (Fsp3) is 0.286. The van der Waals surface area contributed by atoms with Gasteiger partial charge in [0, 0.05) is 18.7 Å². The zero-order valence-electron chi connectivity index (χ0n) is 16.9. The predicted octanol–water partition coefficient (Wildman–Crippen LogP) is 2.43. The molecule has 0 radical (unpaired) electrons. The molecule has 0 bridgehead atoms. The van der Waals surface area contributed by atoms with Crippen LogP contribution in [0.4, 0.5) is 5.82 Å². The minimum absolute atomic E-state index is 0.0421. The van der Waals surface area contributed by atoms with Crippen LogP contribution in [0.3, 0.4) is 0 Å². The van der Waals surface area contributed by atoms with Crippen molar-refractivity contribution in [2.45, 2.75) is 32.9 Å². The van der Waals surface area contributed by atoms with Crippen LogP contribution in [0, 0.1) is 0 Å². The van der Waals surface area contributed by atoms with Gasteiger partial charge in [-0.2, -0.15) is 5.10 Å². The van der Waals surface area contributed by atoms with Gasteiger partial charge in [0.1, 0.15) is 5.82 Å². The standard InChI is InChI=1S/C21H22N4O5/c1-5-10-24-19(27)15-7-6-14(11-16(15)20(24)28)21(29)30-13(4)18(26)23-17-8-9-22-25(17)12(2)3/h5-9,11-13H,1,10H2,2-4H3,(H,23,26). The maximum absolute atomic E-state index is 12.5. The van der Waals surface area contributed by atoms with Crippen molar-refractivity contribution in [3.8, 4) is 0 Å². The number of esters is 1. The molecule has 9 heteroatoms. The van der Waals surface area contributed by atoms with Crippen LogP contribution in [-0.4, -0.2) is 51.0 Å². The van der Waals surface area contributed by atoms with E-state index in [0.29, 0.717) is 5.82 Å². The summed E-state index contributed by atoms with van der Waals surface area (Å²) in [5.74, 6) is -1.75. The Labute approximate surface area is 173 Å². The van der Waals surface area contributed by atoms with Gasteiger partial charge < -0.3 is 10.1 Å². The van der Waals surface area contributed by atoms with Gasteiger partial charge in [-0.15, -0.1) is 6.58 Å². The molecule has 1 aromatic carbocycles. The van der Waals surface area contributed by atoms with E-state index >= 15 is 0 Å². The van der Waals surface area contributed by atoms with E-state index in [1.807, 2.05) is 13.8 Å². The number of carbonyl (C=O) groups excluding carboxylic acids is 4. The Balaban J connectivity index is 1.70. The second kappa shape index (κ2) is 8.32. The van der Waals surface area contributed by atoms with Crippen LogP contribution in [0.5, 0.6) is 0 Å². The maximum atomic E-state index is 12.5. The largest absolute Gasteiger partial charge is 0.449 e. The first-order valence-electron chi connectivity index (χ1n) is 9.41. The highest BCUT2D eigenvalue weighted by atomic mass is 16.5. The highest BCUT2D eigenvalue weighted by molar-refractivity contribution is 6.22. The number of anilines is 1. The molecule has 3 rings (SSSR count). The molecule has 156 valence electrons. The molecule has 1 aliphatic rings. The van der Waals surface area contributed by atoms with Gasteiger partial charge in [0.2, 0.25) is 0 Å². The SMILES string of the molecule is C=CCN1C(=O)c2ccc(C(=O)OC(C)C(=O)Nc3ccnn3C(C)C)cc2C1=O. The summed E-state index contributed by atoms with van der Waals surface area (Å²) in [6.45, 7) is 8.89. The van der Waals surface area contributed by atoms with Gasteiger partial charge in [0.15, 0.2) is 6.10 Å². The number of ether oxygens (including phenoxy) is 1. The van der Waals surface area contributed by atoms with Crippen molar-refractivity contribution in [1.29, 1.82) is 0 Å². The topological polar surface area (TPSA) is 111 Å². The Morgan fingerprint density at radius 3 is 2.53 bits per heavy atom. The quantitative estimate of drug-likeness (QED) is 0.426. The summed E-state index contributed by atoms with van der Waals surface area (Å²) in [5, 5.41) is 6.80. The van der Waals surface area contributed by atoms with Crippen LogP contribution < -0.4 is 5.32 Å². The summed E-state index contributed by atoms with van der Waals surface area (Å²) < 4.78 is 6.87. The zero-order valence-corrected chi connectivity index (χ0v) is 16.9. The summed E-state index contributed by atoms with van der Waals surface area (Å²) >= 11 is 0. The fourth-order valence-electron chi connectivity index (χ4n) is 3.05. The van der Waals surface area contributed by atoms with Crippen molar-refractivity contribution in [2.75, 3.05) is 11.9 Å². The second-order valence-electron chi connectivity index (χ2n) is 7.06. The summed E-state index contributed by atoms with van der Waals surface area (Å²) in [4.78, 5) is 50.6. The smallest absolute Gasteiger partial charge is 0.338 e. The predicted molar refractivity (Wildman–Crippen MR) is 108 cm³/mol. The second-order valence-corrected chi connectivity index (χ2v) is 7.06. The van der Waals surface area contributed by atoms with Crippen LogP contribution in [0.1, 0.15) is 57.9 Å². The lowest BCUT2D eigenvalue weighted by Gasteiger charge is -2.16. The van der Waals surface area contributed by atoms with Crippen LogP contribution in [0.2, 0.25) is 0 Å². The van der Waals surface area contributed by atoms with Gasteiger partial charge in [-0.05, 0) is 39.0 Å². The van der Waals surface area contributed by atoms with Crippen LogP contribution >= 0.6 is 0 Å². The third kappa shape index (κ3) is 3.86. The molecular formula is C21H22N4O5. The molecule has 9 nitrogen and oxygen atoms in total. The van der Waals surface area contributed by atoms with Crippen molar-refractivity contribution >= 4 is 29.5 Å². The lowest BCUT2D eigenvalue weighted by molar-refractivity contribution is -0.123. The van der Waals surface area contributed by atoms with Gasteiger partial charge in [-0.25, -0.2) is 9.48 Å². The third-order valence-electron chi connectivity index (χ3n) is 4.58. The number of amides is 3. The number of imide groups is 1. The molecule has 2 aromatic rings. The average Bonchev–Trinajstić information content (AvgIpc) is 3.26. The highest BCUT2D eigenvalue weighted by Crippen LogP contribution is 2.24. The minimum atomic E-state index is -1.09. The number of hydrogen-bond donors (Lipinski definition) is 1. The molecule has 1 N–H and O–H groups in total. The number of rotatable bonds is 7. The number of fused-ring (bicyclic) bond motifs is 1. The number of carbonyl (C=O) groups is 4. The van der Waals surface area contributed by atoms with Crippen molar-refractivity contribution in [2.24, 2.45) is 0 Å². The van der Waals surface area contributed by atoms with Gasteiger partial charge in [0.25, 0.3) is 17.7 Å². The van der Waals surface area contributed by atoms with E-state index in [4.69, 9.17) is 4.74 Å². The molecule has 0 spiro atoms. The van der Waals surface area contributed by atoms with E-state index in [1.54, 1.807) is 16.9 Å². The van der Waals surface area contributed by atoms with Crippen LogP contribution in [0.15, 0.2) is 43.1 Å². The molecule has 1 aliphatic heterocycles. The molecule has 0 saturated carbocycles. The molecule has 0 aliphatic carbocycles. The molecule has 0 fully saturated rings. The van der Waals surface area contributed by atoms with E-state index in [0.717, 1.165) is 4.90 Å². The molecule has 1 atom stereocenters. The molecule has 2 heterocycles. The van der Waals surface area contributed by atoms with Gasteiger partial charge in [-0.1, -0.05) is 6.08 Å². The normalized spacial score (nSPS) is 13.9. The number of aromatic nitrogens is 2. The molecule has 30 heavy (non-hydrogen) atoms. The van der Waals surface area contributed by atoms with Crippen molar-refractivity contribution < 1.29 is 23.9 Å². The van der Waals surface area contributed by atoms with Crippen molar-refractivity contribution in [3.63, 3.8) is 0 Å². The van der Waals surface area contributed by atoms with Crippen LogP contribution in [-0.2, 0) is 9.53 Å². The third-order valence-corrected chi connectivity index (χ3v) is 4.58. The highest BCUT2D eigenvalue weighted by Gasteiger charge is 2.35. The monoisotopic (exact) mass is 410 g/mol. The summed E-state index contributed by atoms with van der Waals surface area (Å²) in [7, 11) is 0.